The topological polar surface area (TPSA) is 62.3 Å². The molecule has 0 atom stereocenters. The van der Waals surface area contributed by atoms with E-state index < -0.39 is 0 Å². The molecule has 1 aliphatic rings. The number of likely N-dealkylation sites (tertiary alicyclic amines) is 1. The highest BCUT2D eigenvalue weighted by molar-refractivity contribution is 6.30. The van der Waals surface area contributed by atoms with Gasteiger partial charge in [0.2, 0.25) is 5.91 Å². The van der Waals surface area contributed by atoms with Crippen LogP contribution in [0.3, 0.4) is 0 Å². The molecule has 1 saturated heterocycles. The third-order valence-electron chi connectivity index (χ3n) is 4.75. The van der Waals surface area contributed by atoms with Crippen LogP contribution in [0.25, 0.3) is 0 Å². The van der Waals surface area contributed by atoms with Crippen LogP contribution in [0.5, 0.6) is 0 Å². The van der Waals surface area contributed by atoms with Crippen LogP contribution in [0.4, 0.5) is 4.39 Å². The standard InChI is InChI=1S/C20H21ClFN3O2/c21-16-6-10-23-18(13-16)20(27)25-11-7-15(8-12-25)19(26)24-9-5-14-3-1-2-4-17(14)22/h1-4,6,10,13,15H,5,7-9,11-12H2,(H,24,26). The molecule has 142 valence electrons. The van der Waals surface area contributed by atoms with Crippen molar-refractivity contribution in [3.63, 3.8) is 0 Å². The molecule has 0 spiro atoms. The van der Waals surface area contributed by atoms with E-state index in [1.807, 2.05) is 0 Å². The number of hydrogen-bond acceptors (Lipinski definition) is 3. The number of pyridine rings is 1. The molecule has 3 rings (SSSR count). The lowest BCUT2D eigenvalue weighted by Gasteiger charge is -2.31. The summed E-state index contributed by atoms with van der Waals surface area (Å²) in [5.41, 5.74) is 0.905. The number of carbonyl (C=O) groups excluding carboxylic acids is 2. The molecule has 1 fully saturated rings. The molecular formula is C20H21ClFN3O2. The van der Waals surface area contributed by atoms with E-state index >= 15 is 0 Å². The summed E-state index contributed by atoms with van der Waals surface area (Å²) < 4.78 is 13.6. The van der Waals surface area contributed by atoms with E-state index in [4.69, 9.17) is 11.6 Å². The highest BCUT2D eigenvalue weighted by atomic mass is 35.5. The van der Waals surface area contributed by atoms with Crippen LogP contribution in [0, 0.1) is 11.7 Å². The number of halogens is 2. The van der Waals surface area contributed by atoms with Gasteiger partial charge in [0.15, 0.2) is 0 Å². The number of piperidine rings is 1. The van der Waals surface area contributed by atoms with Gasteiger partial charge in [-0.05, 0) is 43.0 Å². The SMILES string of the molecule is O=C(NCCc1ccccc1F)C1CCN(C(=O)c2cc(Cl)ccn2)CC1. The summed E-state index contributed by atoms with van der Waals surface area (Å²) in [5, 5.41) is 3.34. The van der Waals surface area contributed by atoms with Crippen molar-refractivity contribution >= 4 is 23.4 Å². The summed E-state index contributed by atoms with van der Waals surface area (Å²) in [6.07, 6.45) is 3.15. The monoisotopic (exact) mass is 389 g/mol. The van der Waals surface area contributed by atoms with Crippen molar-refractivity contribution in [2.45, 2.75) is 19.3 Å². The Hall–Kier alpha value is -2.47. The molecule has 1 N–H and O–H groups in total. The van der Waals surface area contributed by atoms with Gasteiger partial charge in [-0.2, -0.15) is 0 Å². The Morgan fingerprint density at radius 2 is 1.96 bits per heavy atom. The van der Waals surface area contributed by atoms with E-state index in [9.17, 15) is 14.0 Å². The van der Waals surface area contributed by atoms with E-state index in [0.29, 0.717) is 55.2 Å². The number of hydrogen-bond donors (Lipinski definition) is 1. The van der Waals surface area contributed by atoms with Crippen LogP contribution in [-0.4, -0.2) is 41.3 Å². The van der Waals surface area contributed by atoms with Gasteiger partial charge in [-0.25, -0.2) is 4.39 Å². The van der Waals surface area contributed by atoms with E-state index in [0.717, 1.165) is 0 Å². The fourth-order valence-corrected chi connectivity index (χ4v) is 3.35. The quantitative estimate of drug-likeness (QED) is 0.854. The molecule has 1 aliphatic heterocycles. The summed E-state index contributed by atoms with van der Waals surface area (Å²) in [4.78, 5) is 30.5. The van der Waals surface area contributed by atoms with Crippen LogP contribution < -0.4 is 5.32 Å². The fourth-order valence-electron chi connectivity index (χ4n) is 3.19. The molecule has 0 unspecified atom stereocenters. The molecule has 2 aromatic rings. The average molecular weight is 390 g/mol. The lowest BCUT2D eigenvalue weighted by atomic mass is 9.95. The predicted octanol–water partition coefficient (Wildman–Crippen LogP) is 3.09. The van der Waals surface area contributed by atoms with Crippen molar-refractivity contribution in [2.75, 3.05) is 19.6 Å². The first-order valence-electron chi connectivity index (χ1n) is 8.96. The molecule has 0 bridgehead atoms. The van der Waals surface area contributed by atoms with Crippen LogP contribution in [-0.2, 0) is 11.2 Å². The number of amides is 2. The lowest BCUT2D eigenvalue weighted by Crippen LogP contribution is -2.43. The first kappa shape index (κ1) is 19.3. The Labute approximate surface area is 162 Å². The Bertz CT molecular complexity index is 822. The largest absolute Gasteiger partial charge is 0.356 e. The zero-order chi connectivity index (χ0) is 19.2. The van der Waals surface area contributed by atoms with Crippen molar-refractivity contribution in [3.05, 3.63) is 64.7 Å². The van der Waals surface area contributed by atoms with E-state index in [1.165, 1.54) is 12.3 Å². The Morgan fingerprint density at radius 3 is 2.67 bits per heavy atom. The number of nitrogens with zero attached hydrogens (tertiary/aromatic N) is 2. The fraction of sp³-hybridized carbons (Fsp3) is 0.350. The molecule has 5 nitrogen and oxygen atoms in total. The third-order valence-corrected chi connectivity index (χ3v) is 4.98. The lowest BCUT2D eigenvalue weighted by molar-refractivity contribution is -0.126. The Morgan fingerprint density at radius 1 is 1.22 bits per heavy atom. The maximum absolute atomic E-state index is 13.6. The van der Waals surface area contributed by atoms with E-state index in [2.05, 4.69) is 10.3 Å². The van der Waals surface area contributed by atoms with Gasteiger partial charge in [0, 0.05) is 36.8 Å². The van der Waals surface area contributed by atoms with Crippen LogP contribution >= 0.6 is 11.6 Å². The van der Waals surface area contributed by atoms with Crippen molar-refractivity contribution < 1.29 is 14.0 Å². The highest BCUT2D eigenvalue weighted by Crippen LogP contribution is 2.20. The third kappa shape index (κ3) is 5.04. The highest BCUT2D eigenvalue weighted by Gasteiger charge is 2.28. The Kier molecular flexibility index (Phi) is 6.40. The molecule has 7 heteroatoms. The summed E-state index contributed by atoms with van der Waals surface area (Å²) in [6.45, 7) is 1.39. The number of nitrogens with one attached hydrogen (secondary N) is 1. The second-order valence-corrected chi connectivity index (χ2v) is 6.99. The molecular weight excluding hydrogens is 369 g/mol. The summed E-state index contributed by atoms with van der Waals surface area (Å²) in [7, 11) is 0. The molecule has 1 aromatic heterocycles. The van der Waals surface area contributed by atoms with Crippen LogP contribution in [0.15, 0.2) is 42.6 Å². The minimum atomic E-state index is -0.256. The van der Waals surface area contributed by atoms with Crippen LogP contribution in [0.2, 0.25) is 5.02 Å². The molecule has 0 aliphatic carbocycles. The molecule has 2 heterocycles. The van der Waals surface area contributed by atoms with Gasteiger partial charge in [-0.3, -0.25) is 14.6 Å². The van der Waals surface area contributed by atoms with Gasteiger partial charge in [0.05, 0.1) is 0 Å². The summed E-state index contributed by atoms with van der Waals surface area (Å²) >= 11 is 5.91. The maximum atomic E-state index is 13.6. The zero-order valence-corrected chi connectivity index (χ0v) is 15.6. The van der Waals surface area contributed by atoms with Gasteiger partial charge in [-0.15, -0.1) is 0 Å². The first-order valence-corrected chi connectivity index (χ1v) is 9.34. The number of rotatable bonds is 5. The molecule has 27 heavy (non-hydrogen) atoms. The van der Waals surface area contributed by atoms with Gasteiger partial charge < -0.3 is 10.2 Å². The molecule has 0 radical (unpaired) electrons. The normalized spacial score (nSPS) is 14.8. The predicted molar refractivity (Wildman–Crippen MR) is 101 cm³/mol. The molecule has 2 amide bonds. The maximum Gasteiger partial charge on any atom is 0.272 e. The van der Waals surface area contributed by atoms with Gasteiger partial charge >= 0.3 is 0 Å². The van der Waals surface area contributed by atoms with Gasteiger partial charge in [0.1, 0.15) is 11.5 Å². The van der Waals surface area contributed by atoms with Crippen molar-refractivity contribution in [2.24, 2.45) is 5.92 Å². The van der Waals surface area contributed by atoms with Crippen molar-refractivity contribution in [1.29, 1.82) is 0 Å². The Balaban J connectivity index is 1.45. The van der Waals surface area contributed by atoms with E-state index in [-0.39, 0.29) is 23.5 Å². The van der Waals surface area contributed by atoms with Gasteiger partial charge in [0.25, 0.3) is 5.91 Å². The summed E-state index contributed by atoms with van der Waals surface area (Å²) in [5.74, 6) is -0.606. The summed E-state index contributed by atoms with van der Waals surface area (Å²) in [6, 6.07) is 9.73. The van der Waals surface area contributed by atoms with Crippen molar-refractivity contribution in [1.82, 2.24) is 15.2 Å². The van der Waals surface area contributed by atoms with Crippen molar-refractivity contribution in [3.8, 4) is 0 Å². The second kappa shape index (κ2) is 8.95. The van der Waals surface area contributed by atoms with E-state index in [1.54, 1.807) is 35.2 Å². The average Bonchev–Trinajstić information content (AvgIpc) is 2.69. The second-order valence-electron chi connectivity index (χ2n) is 6.56. The molecule has 1 aromatic carbocycles. The van der Waals surface area contributed by atoms with Gasteiger partial charge in [-0.1, -0.05) is 29.8 Å². The smallest absolute Gasteiger partial charge is 0.272 e. The molecule has 0 saturated carbocycles. The minimum absolute atomic E-state index is 0.0423. The minimum Gasteiger partial charge on any atom is -0.356 e. The number of benzene rings is 1. The number of carbonyl (C=O) groups is 2. The van der Waals surface area contributed by atoms with Crippen LogP contribution in [0.1, 0.15) is 28.9 Å². The zero-order valence-electron chi connectivity index (χ0n) is 14.8. The first-order chi connectivity index (χ1) is 13.0. The number of aromatic nitrogens is 1.